The Morgan fingerprint density at radius 1 is 1.24 bits per heavy atom. The number of fused-ring (bicyclic) bond motifs is 1. The van der Waals surface area contributed by atoms with Gasteiger partial charge in [0.1, 0.15) is 6.07 Å². The molecule has 0 atom stereocenters. The molecule has 0 amide bonds. The van der Waals surface area contributed by atoms with E-state index in [-0.39, 0.29) is 16.9 Å². The highest BCUT2D eigenvalue weighted by Gasteiger charge is 2.33. The normalized spacial score (nSPS) is 13.9. The van der Waals surface area contributed by atoms with Crippen LogP contribution >= 0.6 is 0 Å². The van der Waals surface area contributed by atoms with Gasteiger partial charge in [-0.15, -0.1) is 0 Å². The van der Waals surface area contributed by atoms with Gasteiger partial charge in [0.25, 0.3) is 0 Å². The Labute approximate surface area is 218 Å². The Morgan fingerprint density at radius 3 is 2.63 bits per heavy atom. The fraction of sp³-hybridized carbons (Fsp3) is 0.200. The topological polar surface area (TPSA) is 112 Å². The predicted molar refractivity (Wildman–Crippen MR) is 143 cm³/mol. The zero-order valence-electron chi connectivity index (χ0n) is 21.0. The molecule has 0 unspecified atom stereocenters. The highest BCUT2D eigenvalue weighted by molar-refractivity contribution is 6.04. The second kappa shape index (κ2) is 10.3. The summed E-state index contributed by atoms with van der Waals surface area (Å²) in [7, 11) is 0. The third kappa shape index (κ3) is 4.78. The number of aliphatic carboxylic acids is 1. The lowest BCUT2D eigenvalue weighted by Gasteiger charge is -2.20. The number of carbonyl (C=O) groups is 1. The predicted octanol–water partition coefficient (Wildman–Crippen LogP) is 6.14. The Balaban J connectivity index is 1.80. The smallest absolute Gasteiger partial charge is 0.328 e. The van der Waals surface area contributed by atoms with Crippen molar-refractivity contribution in [1.82, 2.24) is 15.2 Å². The number of allylic oxidation sites excluding steroid dienone is 1. The summed E-state index contributed by atoms with van der Waals surface area (Å²) in [6.45, 7) is 4.42. The number of aromatic nitrogens is 3. The molecule has 0 aliphatic heterocycles. The number of aryl methyl sites for hydroxylation is 1. The quantitative estimate of drug-likeness (QED) is 0.276. The van der Waals surface area contributed by atoms with Gasteiger partial charge in [0, 0.05) is 29.5 Å². The molecule has 190 valence electrons. The molecule has 1 fully saturated rings. The summed E-state index contributed by atoms with van der Waals surface area (Å²) in [5.74, 6) is -0.900. The molecule has 0 saturated heterocycles. The van der Waals surface area contributed by atoms with Crippen molar-refractivity contribution in [3.63, 3.8) is 0 Å². The van der Waals surface area contributed by atoms with Crippen molar-refractivity contribution in [2.45, 2.75) is 26.7 Å². The summed E-state index contributed by atoms with van der Waals surface area (Å²) < 4.78 is 20.4. The number of pyridine rings is 1. The van der Waals surface area contributed by atoms with Gasteiger partial charge in [0.05, 0.1) is 23.1 Å². The third-order valence-corrected chi connectivity index (χ3v) is 6.60. The average molecular weight is 509 g/mol. The number of aromatic amines is 1. The van der Waals surface area contributed by atoms with E-state index in [0.29, 0.717) is 23.6 Å². The van der Waals surface area contributed by atoms with Crippen molar-refractivity contribution in [2.24, 2.45) is 5.92 Å². The first-order valence-electron chi connectivity index (χ1n) is 12.3. The van der Waals surface area contributed by atoms with Crippen LogP contribution in [0.5, 0.6) is 5.88 Å². The van der Waals surface area contributed by atoms with Gasteiger partial charge in [-0.1, -0.05) is 30.3 Å². The number of benzene rings is 2. The van der Waals surface area contributed by atoms with Gasteiger partial charge in [-0.05, 0) is 72.6 Å². The van der Waals surface area contributed by atoms with Crippen LogP contribution in [0, 0.1) is 30.1 Å². The SMILES string of the molecule is CCOc1cc(C)c(C(=C(c2ccc(C=CC(=O)O)cc2)c2ccc3n[nH]c(F)c3c2C#N)C2CC2)cn1. The minimum Gasteiger partial charge on any atom is -0.478 e. The first-order valence-corrected chi connectivity index (χ1v) is 12.3. The minimum absolute atomic E-state index is 0.153. The summed E-state index contributed by atoms with van der Waals surface area (Å²) in [5.41, 5.74) is 6.50. The van der Waals surface area contributed by atoms with E-state index in [2.05, 4.69) is 21.3 Å². The summed E-state index contributed by atoms with van der Waals surface area (Å²) in [4.78, 5) is 15.5. The second-order valence-corrected chi connectivity index (χ2v) is 9.16. The number of rotatable bonds is 8. The maximum absolute atomic E-state index is 14.8. The second-order valence-electron chi connectivity index (χ2n) is 9.16. The van der Waals surface area contributed by atoms with E-state index in [1.54, 1.807) is 12.3 Å². The molecule has 0 bridgehead atoms. The van der Waals surface area contributed by atoms with Gasteiger partial charge in [-0.25, -0.2) is 9.78 Å². The van der Waals surface area contributed by atoms with E-state index < -0.39 is 11.9 Å². The van der Waals surface area contributed by atoms with Crippen molar-refractivity contribution >= 4 is 34.1 Å². The molecule has 8 heteroatoms. The van der Waals surface area contributed by atoms with Crippen LogP contribution in [-0.2, 0) is 4.79 Å². The molecule has 1 saturated carbocycles. The Bertz CT molecular complexity index is 1640. The van der Waals surface area contributed by atoms with Crippen LogP contribution in [0.4, 0.5) is 4.39 Å². The molecule has 4 aromatic rings. The molecule has 1 aliphatic carbocycles. The number of hydrogen-bond donors (Lipinski definition) is 2. The number of carboxylic acid groups (broad SMARTS) is 1. The first kappa shape index (κ1) is 24.9. The van der Waals surface area contributed by atoms with E-state index in [1.807, 2.05) is 50.2 Å². The number of carboxylic acids is 1. The average Bonchev–Trinajstić information content (AvgIpc) is 3.68. The summed E-state index contributed by atoms with van der Waals surface area (Å²) >= 11 is 0. The number of halogens is 1. The van der Waals surface area contributed by atoms with Crippen LogP contribution in [0.3, 0.4) is 0 Å². The molecule has 0 spiro atoms. The van der Waals surface area contributed by atoms with Crippen LogP contribution in [0.15, 0.2) is 54.7 Å². The molecule has 7 nitrogen and oxygen atoms in total. The van der Waals surface area contributed by atoms with Gasteiger partial charge in [0.15, 0.2) is 0 Å². The van der Waals surface area contributed by atoms with E-state index in [0.717, 1.165) is 52.3 Å². The zero-order valence-corrected chi connectivity index (χ0v) is 21.0. The number of nitriles is 1. The van der Waals surface area contributed by atoms with Gasteiger partial charge in [-0.3, -0.25) is 5.10 Å². The van der Waals surface area contributed by atoms with Crippen LogP contribution in [0.25, 0.3) is 28.1 Å². The van der Waals surface area contributed by atoms with Crippen LogP contribution < -0.4 is 4.74 Å². The summed E-state index contributed by atoms with van der Waals surface area (Å²) in [6.07, 6.45) is 6.37. The Hall–Kier alpha value is -4.77. The number of hydrogen-bond acceptors (Lipinski definition) is 5. The molecule has 2 aromatic heterocycles. The van der Waals surface area contributed by atoms with Crippen LogP contribution in [0.1, 0.15) is 53.1 Å². The number of nitrogens with one attached hydrogen (secondary N) is 1. The molecular weight excluding hydrogens is 483 g/mol. The van der Waals surface area contributed by atoms with E-state index in [1.165, 1.54) is 6.08 Å². The Morgan fingerprint density at radius 2 is 2.00 bits per heavy atom. The van der Waals surface area contributed by atoms with Gasteiger partial charge in [0.2, 0.25) is 11.8 Å². The molecule has 1 aliphatic rings. The number of H-pyrrole nitrogens is 1. The van der Waals surface area contributed by atoms with E-state index >= 15 is 0 Å². The van der Waals surface area contributed by atoms with E-state index in [9.17, 15) is 14.4 Å². The lowest BCUT2D eigenvalue weighted by Crippen LogP contribution is -2.03. The minimum atomic E-state index is -1.03. The molecule has 2 aromatic carbocycles. The van der Waals surface area contributed by atoms with Gasteiger partial charge < -0.3 is 9.84 Å². The standard InChI is InChI=1S/C30H25FN4O3/c1-3-38-25-14-17(2)23(16-33-25)28(20-9-10-20)27(19-7-4-18(5-8-19)6-13-26(36)37)21-11-12-24-29(22(21)15-32)30(31)35-34-24/h4-8,11-14,16,20H,3,9-10H2,1-2H3,(H,34,35)(H,36,37). The number of ether oxygens (including phenoxy) is 1. The monoisotopic (exact) mass is 508 g/mol. The fourth-order valence-electron chi connectivity index (χ4n) is 4.75. The molecule has 5 rings (SSSR count). The Kier molecular flexibility index (Phi) is 6.75. The van der Waals surface area contributed by atoms with Crippen LogP contribution in [0.2, 0.25) is 0 Å². The van der Waals surface area contributed by atoms with Gasteiger partial charge >= 0.3 is 5.97 Å². The first-order chi connectivity index (χ1) is 18.4. The van der Waals surface area contributed by atoms with Crippen molar-refractivity contribution in [3.05, 3.63) is 94.1 Å². The maximum atomic E-state index is 14.8. The lowest BCUT2D eigenvalue weighted by molar-refractivity contribution is -0.131. The highest BCUT2D eigenvalue weighted by Crippen LogP contribution is 2.49. The maximum Gasteiger partial charge on any atom is 0.328 e. The van der Waals surface area contributed by atoms with Crippen LogP contribution in [-0.4, -0.2) is 32.9 Å². The molecular formula is C30H25FN4O3. The molecule has 2 heterocycles. The van der Waals surface area contributed by atoms with E-state index in [4.69, 9.17) is 9.84 Å². The van der Waals surface area contributed by atoms with Crippen molar-refractivity contribution < 1.29 is 19.0 Å². The molecule has 0 radical (unpaired) electrons. The largest absolute Gasteiger partial charge is 0.478 e. The van der Waals surface area contributed by atoms with Crippen molar-refractivity contribution in [3.8, 4) is 11.9 Å². The van der Waals surface area contributed by atoms with Crippen molar-refractivity contribution in [1.29, 1.82) is 5.26 Å². The fourth-order valence-corrected chi connectivity index (χ4v) is 4.75. The third-order valence-electron chi connectivity index (χ3n) is 6.60. The molecule has 2 N–H and O–H groups in total. The summed E-state index contributed by atoms with van der Waals surface area (Å²) in [6, 6.07) is 15.1. The number of nitrogens with zero attached hydrogens (tertiary/aromatic N) is 3. The summed E-state index contributed by atoms with van der Waals surface area (Å²) in [5, 5.41) is 25.7. The van der Waals surface area contributed by atoms with Crippen molar-refractivity contribution in [2.75, 3.05) is 6.61 Å². The lowest BCUT2D eigenvalue weighted by atomic mass is 9.83. The van der Waals surface area contributed by atoms with Gasteiger partial charge in [-0.2, -0.15) is 14.8 Å². The zero-order chi connectivity index (χ0) is 26.8. The highest BCUT2D eigenvalue weighted by atomic mass is 19.1. The molecule has 38 heavy (non-hydrogen) atoms.